The Balaban J connectivity index is 1.61. The van der Waals surface area contributed by atoms with Gasteiger partial charge < -0.3 is 14.4 Å². The van der Waals surface area contributed by atoms with Gasteiger partial charge in [-0.3, -0.25) is 0 Å². The zero-order chi connectivity index (χ0) is 15.1. The van der Waals surface area contributed by atoms with Crippen molar-refractivity contribution >= 4 is 27.5 Å². The number of benzene rings is 1. The molecule has 1 aliphatic heterocycles. The molecule has 5 heteroatoms. The average molecular weight is 378 g/mol. The van der Waals surface area contributed by atoms with Gasteiger partial charge in [-0.25, -0.2) is 0 Å². The lowest BCUT2D eigenvalue weighted by Crippen LogP contribution is -3.13. The van der Waals surface area contributed by atoms with Gasteiger partial charge in [0.05, 0.1) is 35.8 Å². The van der Waals surface area contributed by atoms with Gasteiger partial charge in [0, 0.05) is 0 Å². The van der Waals surface area contributed by atoms with Crippen molar-refractivity contribution in [3.63, 3.8) is 0 Å². The van der Waals surface area contributed by atoms with Crippen LogP contribution in [0.2, 0.25) is 5.02 Å². The highest BCUT2D eigenvalue weighted by molar-refractivity contribution is 9.10. The molecule has 3 nitrogen and oxygen atoms in total. The zero-order valence-corrected chi connectivity index (χ0v) is 14.9. The normalized spacial score (nSPS) is 16.1. The fourth-order valence-corrected chi connectivity index (χ4v) is 3.78. The molecule has 0 aliphatic carbocycles. The summed E-state index contributed by atoms with van der Waals surface area (Å²) < 4.78 is 12.3. The van der Waals surface area contributed by atoms with Crippen LogP contribution in [0.3, 0.4) is 0 Å². The number of hydrogen-bond acceptors (Lipinski definition) is 2. The predicted octanol–water partition coefficient (Wildman–Crippen LogP) is 2.88. The number of hydrogen-bond donors (Lipinski definition) is 1. The van der Waals surface area contributed by atoms with Crippen molar-refractivity contribution in [1.29, 1.82) is 0 Å². The number of halogens is 2. The van der Waals surface area contributed by atoms with Crippen molar-refractivity contribution < 1.29 is 14.4 Å². The highest BCUT2D eigenvalue weighted by Gasteiger charge is 2.12. The highest BCUT2D eigenvalue weighted by atomic mass is 79.9. The molecule has 1 aliphatic rings. The first-order chi connectivity index (χ1) is 10.2. The van der Waals surface area contributed by atoms with Crippen LogP contribution < -0.4 is 9.64 Å². The van der Waals surface area contributed by atoms with Crippen LogP contribution in [0.15, 0.2) is 16.6 Å². The van der Waals surface area contributed by atoms with E-state index in [1.165, 1.54) is 32.4 Å². The summed E-state index contributed by atoms with van der Waals surface area (Å²) >= 11 is 9.66. The maximum atomic E-state index is 6.18. The standard InChI is InChI=1S/C16H23BrClNO2/c1-13-11-14(17)16(15(18)12-13)21-10-9-20-8-7-19-5-3-2-4-6-19/h11-12H,2-10H2,1H3/p+1. The van der Waals surface area contributed by atoms with Gasteiger partial charge in [0.25, 0.3) is 0 Å². The van der Waals surface area contributed by atoms with Crippen molar-refractivity contribution in [3.05, 3.63) is 27.2 Å². The van der Waals surface area contributed by atoms with Crippen molar-refractivity contribution in [2.75, 3.05) is 39.5 Å². The lowest BCUT2D eigenvalue weighted by molar-refractivity contribution is -0.905. The molecular weight excluding hydrogens is 354 g/mol. The van der Waals surface area contributed by atoms with E-state index >= 15 is 0 Å². The van der Waals surface area contributed by atoms with Gasteiger partial charge in [0.15, 0.2) is 5.75 Å². The maximum Gasteiger partial charge on any atom is 0.152 e. The number of nitrogens with one attached hydrogen (secondary N) is 1. The molecule has 0 spiro atoms. The SMILES string of the molecule is Cc1cc(Cl)c(OCCOCC[NH+]2CCCCC2)c(Br)c1. The van der Waals surface area contributed by atoms with E-state index in [1.807, 2.05) is 19.1 Å². The van der Waals surface area contributed by atoms with Crippen LogP contribution >= 0.6 is 27.5 Å². The predicted molar refractivity (Wildman–Crippen MR) is 89.6 cm³/mol. The largest absolute Gasteiger partial charge is 0.488 e. The third kappa shape index (κ3) is 5.78. The van der Waals surface area contributed by atoms with E-state index in [0.717, 1.165) is 23.2 Å². The van der Waals surface area contributed by atoms with Gasteiger partial charge in [0.2, 0.25) is 0 Å². The summed E-state index contributed by atoms with van der Waals surface area (Å²) in [6, 6.07) is 3.91. The molecule has 0 unspecified atom stereocenters. The molecule has 0 amide bonds. The summed E-state index contributed by atoms with van der Waals surface area (Å²) in [5.74, 6) is 0.701. The van der Waals surface area contributed by atoms with Gasteiger partial charge in [-0.2, -0.15) is 0 Å². The topological polar surface area (TPSA) is 22.9 Å². The van der Waals surface area contributed by atoms with Crippen LogP contribution in [0.1, 0.15) is 24.8 Å². The van der Waals surface area contributed by atoms with Gasteiger partial charge in [-0.1, -0.05) is 11.6 Å². The van der Waals surface area contributed by atoms with Crippen molar-refractivity contribution in [2.24, 2.45) is 0 Å². The lowest BCUT2D eigenvalue weighted by atomic mass is 10.1. The molecule has 0 radical (unpaired) electrons. The number of quaternary nitrogens is 1. The fourth-order valence-electron chi connectivity index (χ4n) is 2.65. The molecule has 1 fully saturated rings. The lowest BCUT2D eigenvalue weighted by Gasteiger charge is -2.23. The summed E-state index contributed by atoms with van der Waals surface area (Å²) in [5.41, 5.74) is 1.11. The minimum Gasteiger partial charge on any atom is -0.488 e. The van der Waals surface area contributed by atoms with Crippen LogP contribution in [0.25, 0.3) is 0 Å². The third-order valence-corrected chi connectivity index (χ3v) is 4.65. The molecular formula is C16H24BrClNO2+. The number of ether oxygens (including phenoxy) is 2. The summed E-state index contributed by atoms with van der Waals surface area (Å²) in [6.07, 6.45) is 4.11. The first kappa shape index (κ1) is 17.1. The smallest absolute Gasteiger partial charge is 0.152 e. The molecule has 0 bridgehead atoms. The molecule has 0 saturated carbocycles. The second-order valence-electron chi connectivity index (χ2n) is 5.58. The second-order valence-corrected chi connectivity index (χ2v) is 6.84. The van der Waals surface area contributed by atoms with E-state index in [4.69, 9.17) is 21.1 Å². The summed E-state index contributed by atoms with van der Waals surface area (Å²) in [7, 11) is 0. The highest BCUT2D eigenvalue weighted by Crippen LogP contribution is 2.34. The molecule has 118 valence electrons. The van der Waals surface area contributed by atoms with Crippen molar-refractivity contribution in [2.45, 2.75) is 26.2 Å². The molecule has 0 atom stereocenters. The molecule has 2 rings (SSSR count). The molecule has 1 aromatic carbocycles. The van der Waals surface area contributed by atoms with E-state index < -0.39 is 0 Å². The minimum absolute atomic E-state index is 0.525. The van der Waals surface area contributed by atoms with Gasteiger partial charge in [0.1, 0.15) is 13.2 Å². The summed E-state index contributed by atoms with van der Waals surface area (Å²) in [5, 5.41) is 0.639. The molecule has 0 aromatic heterocycles. The zero-order valence-electron chi connectivity index (χ0n) is 12.6. The Morgan fingerprint density at radius 1 is 1.14 bits per heavy atom. The molecule has 21 heavy (non-hydrogen) atoms. The second kappa shape index (κ2) is 8.99. The molecule has 1 N–H and O–H groups in total. The van der Waals surface area contributed by atoms with Crippen LogP contribution in [0, 0.1) is 6.92 Å². The van der Waals surface area contributed by atoms with E-state index in [9.17, 15) is 0 Å². The first-order valence-corrected chi connectivity index (χ1v) is 8.83. The number of rotatable bonds is 7. The maximum absolute atomic E-state index is 6.18. The van der Waals surface area contributed by atoms with Gasteiger partial charge in [-0.05, 0) is 59.8 Å². The Hall–Kier alpha value is -0.290. The van der Waals surface area contributed by atoms with Crippen LogP contribution in [-0.2, 0) is 4.74 Å². The van der Waals surface area contributed by atoms with Crippen LogP contribution in [0.4, 0.5) is 0 Å². The van der Waals surface area contributed by atoms with Gasteiger partial charge in [-0.15, -0.1) is 0 Å². The van der Waals surface area contributed by atoms with Crippen molar-refractivity contribution in [1.82, 2.24) is 0 Å². The molecule has 1 aromatic rings. The first-order valence-electron chi connectivity index (χ1n) is 7.66. The van der Waals surface area contributed by atoms with Crippen LogP contribution in [-0.4, -0.2) is 39.5 Å². The van der Waals surface area contributed by atoms with E-state index in [-0.39, 0.29) is 0 Å². The van der Waals surface area contributed by atoms with Gasteiger partial charge >= 0.3 is 0 Å². The number of likely N-dealkylation sites (tertiary alicyclic amines) is 1. The molecule has 1 saturated heterocycles. The summed E-state index contributed by atoms with van der Waals surface area (Å²) in [6.45, 7) is 7.64. The summed E-state index contributed by atoms with van der Waals surface area (Å²) in [4.78, 5) is 1.67. The fraction of sp³-hybridized carbons (Fsp3) is 0.625. The van der Waals surface area contributed by atoms with E-state index in [2.05, 4.69) is 15.9 Å². The quantitative estimate of drug-likeness (QED) is 0.738. The Morgan fingerprint density at radius 3 is 2.62 bits per heavy atom. The minimum atomic E-state index is 0.525. The Labute approximate surface area is 140 Å². The van der Waals surface area contributed by atoms with Crippen LogP contribution in [0.5, 0.6) is 5.75 Å². The monoisotopic (exact) mass is 376 g/mol. The van der Waals surface area contributed by atoms with E-state index in [0.29, 0.717) is 24.0 Å². The Kier molecular flexibility index (Phi) is 7.30. The number of piperidine rings is 1. The number of aryl methyl sites for hydroxylation is 1. The Morgan fingerprint density at radius 2 is 1.90 bits per heavy atom. The average Bonchev–Trinajstić information content (AvgIpc) is 2.45. The molecule has 1 heterocycles. The third-order valence-electron chi connectivity index (χ3n) is 3.78. The van der Waals surface area contributed by atoms with E-state index in [1.54, 1.807) is 4.90 Å². The Bertz CT molecular complexity index is 427. The van der Waals surface area contributed by atoms with Crippen molar-refractivity contribution in [3.8, 4) is 5.75 Å².